The lowest BCUT2D eigenvalue weighted by atomic mass is 10.3. The second-order valence-electron chi connectivity index (χ2n) is 3.83. The van der Waals surface area contributed by atoms with Crippen LogP contribution in [0.15, 0.2) is 35.5 Å². The molecule has 0 saturated carbocycles. The van der Waals surface area contributed by atoms with E-state index in [-0.39, 0.29) is 5.82 Å². The second kappa shape index (κ2) is 5.75. The Hall–Kier alpha value is -2.02. The van der Waals surface area contributed by atoms with Crippen LogP contribution in [0, 0.1) is 5.82 Å². The standard InChI is InChI=1S/C12H13FN4OS/c1-17-7-9(6-14-17)16-12(18)15-8-3-4-11(19-2)10(13)5-8/h3-7H,1-2H3,(H2,15,16,18). The number of benzene rings is 1. The lowest BCUT2D eigenvalue weighted by molar-refractivity contribution is 0.262. The maximum Gasteiger partial charge on any atom is 0.323 e. The third kappa shape index (κ3) is 3.47. The zero-order chi connectivity index (χ0) is 13.8. The van der Waals surface area contributed by atoms with Gasteiger partial charge in [0.1, 0.15) is 5.82 Å². The Labute approximate surface area is 114 Å². The number of amides is 2. The minimum atomic E-state index is -0.440. The summed E-state index contributed by atoms with van der Waals surface area (Å²) in [5.41, 5.74) is 0.970. The van der Waals surface area contributed by atoms with Gasteiger partial charge in [-0.15, -0.1) is 11.8 Å². The van der Waals surface area contributed by atoms with Crippen LogP contribution < -0.4 is 10.6 Å². The molecular formula is C12H13FN4OS. The smallest absolute Gasteiger partial charge is 0.308 e. The van der Waals surface area contributed by atoms with Crippen LogP contribution in [0.2, 0.25) is 0 Å². The van der Waals surface area contributed by atoms with Crippen molar-refractivity contribution in [2.75, 3.05) is 16.9 Å². The summed E-state index contributed by atoms with van der Waals surface area (Å²) < 4.78 is 15.1. The molecule has 0 unspecified atom stereocenters. The number of carbonyl (C=O) groups is 1. The Morgan fingerprint density at radius 3 is 2.68 bits per heavy atom. The average Bonchev–Trinajstić information content (AvgIpc) is 2.74. The first-order valence-electron chi connectivity index (χ1n) is 5.48. The van der Waals surface area contributed by atoms with Crippen LogP contribution in [0.1, 0.15) is 0 Å². The van der Waals surface area contributed by atoms with Crippen LogP contribution in [-0.2, 0) is 7.05 Å². The maximum atomic E-state index is 13.5. The molecule has 5 nitrogen and oxygen atoms in total. The van der Waals surface area contributed by atoms with Gasteiger partial charge in [-0.3, -0.25) is 4.68 Å². The van der Waals surface area contributed by atoms with Crippen molar-refractivity contribution < 1.29 is 9.18 Å². The van der Waals surface area contributed by atoms with E-state index in [1.165, 1.54) is 24.0 Å². The van der Waals surface area contributed by atoms with E-state index in [0.29, 0.717) is 16.3 Å². The molecule has 0 aliphatic rings. The van der Waals surface area contributed by atoms with Crippen molar-refractivity contribution in [1.29, 1.82) is 0 Å². The minimum absolute atomic E-state index is 0.355. The SMILES string of the molecule is CSc1ccc(NC(=O)Nc2cnn(C)c2)cc1F. The van der Waals surface area contributed by atoms with Gasteiger partial charge in [-0.25, -0.2) is 9.18 Å². The number of carbonyl (C=O) groups excluding carboxylic acids is 1. The number of rotatable bonds is 3. The van der Waals surface area contributed by atoms with Gasteiger partial charge in [0.05, 0.1) is 11.9 Å². The molecule has 0 fully saturated rings. The Balaban J connectivity index is 2.00. The number of thioether (sulfide) groups is 1. The molecule has 2 aromatic rings. The molecule has 0 aliphatic carbocycles. The van der Waals surface area contributed by atoms with Crippen LogP contribution in [0.25, 0.3) is 0 Å². The van der Waals surface area contributed by atoms with E-state index in [2.05, 4.69) is 15.7 Å². The fourth-order valence-electron chi connectivity index (χ4n) is 1.52. The third-order valence-corrected chi connectivity index (χ3v) is 3.14. The van der Waals surface area contributed by atoms with Gasteiger partial charge in [-0.05, 0) is 24.5 Å². The number of anilines is 2. The summed E-state index contributed by atoms with van der Waals surface area (Å²) in [5.74, 6) is -0.355. The molecule has 19 heavy (non-hydrogen) atoms. The number of hydrogen-bond acceptors (Lipinski definition) is 3. The molecule has 1 aromatic heterocycles. The molecule has 0 aliphatic heterocycles. The van der Waals surface area contributed by atoms with E-state index in [4.69, 9.17) is 0 Å². The van der Waals surface area contributed by atoms with Crippen molar-refractivity contribution in [2.24, 2.45) is 7.05 Å². The van der Waals surface area contributed by atoms with Crippen molar-refractivity contribution in [1.82, 2.24) is 9.78 Å². The Morgan fingerprint density at radius 1 is 1.37 bits per heavy atom. The first-order chi connectivity index (χ1) is 9.08. The zero-order valence-corrected chi connectivity index (χ0v) is 11.3. The molecule has 0 bridgehead atoms. The summed E-state index contributed by atoms with van der Waals surface area (Å²) in [6, 6.07) is 4.12. The largest absolute Gasteiger partial charge is 0.323 e. The Kier molecular flexibility index (Phi) is 4.06. The molecule has 0 spiro atoms. The van der Waals surface area contributed by atoms with E-state index >= 15 is 0 Å². The Morgan fingerprint density at radius 2 is 2.11 bits per heavy atom. The van der Waals surface area contributed by atoms with Crippen molar-refractivity contribution in [3.8, 4) is 0 Å². The van der Waals surface area contributed by atoms with E-state index in [1.54, 1.807) is 36.3 Å². The van der Waals surface area contributed by atoms with Crippen molar-refractivity contribution >= 4 is 29.2 Å². The predicted octanol–water partition coefficient (Wildman–Crippen LogP) is 2.93. The topological polar surface area (TPSA) is 59.0 Å². The summed E-state index contributed by atoms with van der Waals surface area (Å²) in [6.45, 7) is 0. The van der Waals surface area contributed by atoms with Crippen molar-refractivity contribution in [3.63, 3.8) is 0 Å². The predicted molar refractivity (Wildman–Crippen MR) is 74.0 cm³/mol. The molecule has 0 atom stereocenters. The molecule has 1 aromatic carbocycles. The van der Waals surface area contributed by atoms with Crippen LogP contribution >= 0.6 is 11.8 Å². The van der Waals surface area contributed by atoms with E-state index in [0.717, 1.165) is 0 Å². The number of nitrogens with one attached hydrogen (secondary N) is 2. The first-order valence-corrected chi connectivity index (χ1v) is 6.71. The van der Waals surface area contributed by atoms with E-state index < -0.39 is 6.03 Å². The lowest BCUT2D eigenvalue weighted by Gasteiger charge is -2.07. The molecule has 100 valence electrons. The minimum Gasteiger partial charge on any atom is -0.308 e. The fraction of sp³-hybridized carbons (Fsp3) is 0.167. The summed E-state index contributed by atoms with van der Waals surface area (Å²) >= 11 is 1.31. The normalized spacial score (nSPS) is 10.3. The van der Waals surface area contributed by atoms with Crippen LogP contribution in [-0.4, -0.2) is 22.1 Å². The zero-order valence-electron chi connectivity index (χ0n) is 10.5. The van der Waals surface area contributed by atoms with Crippen LogP contribution in [0.4, 0.5) is 20.6 Å². The highest BCUT2D eigenvalue weighted by molar-refractivity contribution is 7.98. The van der Waals surface area contributed by atoms with Gasteiger partial charge >= 0.3 is 6.03 Å². The average molecular weight is 280 g/mol. The number of urea groups is 1. The molecule has 0 saturated heterocycles. The fourth-order valence-corrected chi connectivity index (χ4v) is 1.98. The number of halogens is 1. The Bertz CT molecular complexity index is 599. The van der Waals surface area contributed by atoms with Gasteiger partial charge < -0.3 is 10.6 Å². The van der Waals surface area contributed by atoms with E-state index in [1.807, 2.05) is 0 Å². The summed E-state index contributed by atoms with van der Waals surface area (Å²) in [5, 5.41) is 9.08. The lowest BCUT2D eigenvalue weighted by Crippen LogP contribution is -2.19. The molecule has 2 rings (SSSR count). The quantitative estimate of drug-likeness (QED) is 0.850. The van der Waals surface area contributed by atoms with Gasteiger partial charge in [0.2, 0.25) is 0 Å². The summed E-state index contributed by atoms with van der Waals surface area (Å²) in [6.07, 6.45) is 4.98. The number of aromatic nitrogens is 2. The van der Waals surface area contributed by atoms with Crippen molar-refractivity contribution in [2.45, 2.75) is 4.90 Å². The first kappa shape index (κ1) is 13.4. The number of aryl methyl sites for hydroxylation is 1. The molecule has 0 radical (unpaired) electrons. The third-order valence-electron chi connectivity index (χ3n) is 2.37. The highest BCUT2D eigenvalue weighted by atomic mass is 32.2. The summed E-state index contributed by atoms with van der Waals surface area (Å²) in [7, 11) is 1.75. The van der Waals surface area contributed by atoms with Crippen LogP contribution in [0.5, 0.6) is 0 Å². The van der Waals surface area contributed by atoms with Crippen LogP contribution in [0.3, 0.4) is 0 Å². The molecule has 2 N–H and O–H groups in total. The van der Waals surface area contributed by atoms with Gasteiger partial charge in [0.15, 0.2) is 0 Å². The second-order valence-corrected chi connectivity index (χ2v) is 4.68. The van der Waals surface area contributed by atoms with E-state index in [9.17, 15) is 9.18 Å². The monoisotopic (exact) mass is 280 g/mol. The number of nitrogens with zero attached hydrogens (tertiary/aromatic N) is 2. The van der Waals surface area contributed by atoms with Gasteiger partial charge in [0.25, 0.3) is 0 Å². The molecular weight excluding hydrogens is 267 g/mol. The highest BCUT2D eigenvalue weighted by Crippen LogP contribution is 2.22. The maximum absolute atomic E-state index is 13.5. The van der Waals surface area contributed by atoms with Gasteiger partial charge in [-0.2, -0.15) is 5.10 Å². The van der Waals surface area contributed by atoms with Gasteiger partial charge in [-0.1, -0.05) is 0 Å². The van der Waals surface area contributed by atoms with Crippen molar-refractivity contribution in [3.05, 3.63) is 36.4 Å². The number of hydrogen-bond donors (Lipinski definition) is 2. The highest BCUT2D eigenvalue weighted by Gasteiger charge is 2.06. The molecule has 7 heteroatoms. The van der Waals surface area contributed by atoms with Gasteiger partial charge in [0, 0.05) is 23.8 Å². The molecule has 1 heterocycles. The summed E-state index contributed by atoms with van der Waals surface area (Å²) in [4.78, 5) is 12.2. The molecule has 2 amide bonds.